The van der Waals surface area contributed by atoms with Gasteiger partial charge >= 0.3 is 11.7 Å². The minimum absolute atomic E-state index is 0.180. The van der Waals surface area contributed by atoms with Crippen LogP contribution in [0, 0.1) is 5.92 Å². The molecule has 0 aliphatic rings. The van der Waals surface area contributed by atoms with Crippen molar-refractivity contribution >= 4 is 17.0 Å². The van der Waals surface area contributed by atoms with Crippen molar-refractivity contribution in [2.24, 2.45) is 5.92 Å². The van der Waals surface area contributed by atoms with Crippen LogP contribution in [0.1, 0.15) is 30.6 Å². The molecule has 5 nitrogen and oxygen atoms in total. The number of benzene rings is 1. The fraction of sp³-hybridized carbons (Fsp3) is 0.385. The van der Waals surface area contributed by atoms with Gasteiger partial charge in [-0.05, 0) is 30.5 Å². The molecule has 18 heavy (non-hydrogen) atoms. The number of aromatic nitrogens is 2. The highest BCUT2D eigenvalue weighted by Gasteiger charge is 2.10. The third-order valence-corrected chi connectivity index (χ3v) is 2.95. The van der Waals surface area contributed by atoms with E-state index in [1.807, 2.05) is 0 Å². The van der Waals surface area contributed by atoms with E-state index in [1.54, 1.807) is 10.6 Å². The number of nitrogens with one attached hydrogen (secondary N) is 1. The van der Waals surface area contributed by atoms with Crippen LogP contribution >= 0.6 is 0 Å². The number of rotatable bonds is 4. The molecular formula is C13H16N2O3. The Hall–Kier alpha value is -2.04. The van der Waals surface area contributed by atoms with Crippen LogP contribution in [-0.4, -0.2) is 20.6 Å². The van der Waals surface area contributed by atoms with Crippen LogP contribution in [0.5, 0.6) is 0 Å². The maximum Gasteiger partial charge on any atom is 0.335 e. The van der Waals surface area contributed by atoms with Gasteiger partial charge in [0.1, 0.15) is 0 Å². The first-order valence-electron chi connectivity index (χ1n) is 5.95. The molecule has 1 aromatic heterocycles. The van der Waals surface area contributed by atoms with Gasteiger partial charge in [0.15, 0.2) is 0 Å². The number of aromatic carboxylic acids is 1. The number of fused-ring (bicyclic) bond motifs is 1. The first-order valence-corrected chi connectivity index (χ1v) is 5.95. The standard InChI is InChI=1S/C13H16N2O3/c1-8(2)5-6-15-11-4-3-9(12(16)17)7-10(11)14-13(15)18/h3-4,7-8H,5-6H2,1-2H3,(H,14,18)(H,16,17). The highest BCUT2D eigenvalue weighted by Crippen LogP contribution is 2.14. The number of carboxylic acids is 1. The number of hydrogen-bond acceptors (Lipinski definition) is 2. The Morgan fingerprint density at radius 2 is 2.17 bits per heavy atom. The Labute approximate surface area is 104 Å². The van der Waals surface area contributed by atoms with Gasteiger partial charge in [-0.15, -0.1) is 0 Å². The molecule has 0 fully saturated rings. The molecule has 96 valence electrons. The summed E-state index contributed by atoms with van der Waals surface area (Å²) in [6.45, 7) is 4.84. The smallest absolute Gasteiger partial charge is 0.335 e. The van der Waals surface area contributed by atoms with E-state index in [4.69, 9.17) is 5.11 Å². The molecule has 2 aromatic rings. The van der Waals surface area contributed by atoms with Gasteiger partial charge in [-0.2, -0.15) is 0 Å². The summed E-state index contributed by atoms with van der Waals surface area (Å²) in [5.74, 6) is -0.479. The molecule has 1 heterocycles. The number of aryl methyl sites for hydroxylation is 1. The number of nitrogens with zero attached hydrogens (tertiary/aromatic N) is 1. The second kappa shape index (κ2) is 4.68. The number of H-pyrrole nitrogens is 1. The number of imidazole rings is 1. The van der Waals surface area contributed by atoms with Crippen molar-refractivity contribution in [1.82, 2.24) is 9.55 Å². The van der Waals surface area contributed by atoms with Crippen molar-refractivity contribution in [1.29, 1.82) is 0 Å². The average Bonchev–Trinajstić information content (AvgIpc) is 2.60. The van der Waals surface area contributed by atoms with Gasteiger partial charge in [-0.1, -0.05) is 13.8 Å². The summed E-state index contributed by atoms with van der Waals surface area (Å²) in [6.07, 6.45) is 0.910. The molecule has 0 bridgehead atoms. The number of hydrogen-bond donors (Lipinski definition) is 2. The van der Waals surface area contributed by atoms with Crippen molar-refractivity contribution < 1.29 is 9.90 Å². The fourth-order valence-corrected chi connectivity index (χ4v) is 1.91. The lowest BCUT2D eigenvalue weighted by atomic mass is 10.1. The molecular weight excluding hydrogens is 232 g/mol. The monoisotopic (exact) mass is 248 g/mol. The van der Waals surface area contributed by atoms with E-state index in [-0.39, 0.29) is 11.3 Å². The van der Waals surface area contributed by atoms with Crippen molar-refractivity contribution in [3.63, 3.8) is 0 Å². The topological polar surface area (TPSA) is 75.1 Å². The van der Waals surface area contributed by atoms with Gasteiger partial charge in [0.25, 0.3) is 0 Å². The van der Waals surface area contributed by atoms with Crippen LogP contribution in [0.4, 0.5) is 0 Å². The molecule has 0 saturated carbocycles. The minimum atomic E-state index is -0.993. The van der Waals surface area contributed by atoms with Gasteiger partial charge in [0.05, 0.1) is 16.6 Å². The summed E-state index contributed by atoms with van der Waals surface area (Å²) in [5, 5.41) is 8.90. The van der Waals surface area contributed by atoms with E-state index in [0.29, 0.717) is 18.0 Å². The molecule has 0 unspecified atom stereocenters. The highest BCUT2D eigenvalue weighted by molar-refractivity contribution is 5.92. The Balaban J connectivity index is 2.45. The molecule has 0 saturated heterocycles. The Morgan fingerprint density at radius 3 is 2.78 bits per heavy atom. The van der Waals surface area contributed by atoms with Crippen LogP contribution in [0.2, 0.25) is 0 Å². The lowest BCUT2D eigenvalue weighted by Gasteiger charge is -2.05. The molecule has 1 aromatic carbocycles. The molecule has 0 aliphatic heterocycles. The largest absolute Gasteiger partial charge is 0.478 e. The number of carbonyl (C=O) groups is 1. The Bertz CT molecular complexity index is 637. The van der Waals surface area contributed by atoms with Crippen molar-refractivity contribution in [2.75, 3.05) is 0 Å². The third kappa shape index (κ3) is 2.30. The highest BCUT2D eigenvalue weighted by atomic mass is 16.4. The van der Waals surface area contributed by atoms with Crippen LogP contribution in [0.15, 0.2) is 23.0 Å². The first kappa shape index (κ1) is 12.4. The van der Waals surface area contributed by atoms with Gasteiger partial charge in [0, 0.05) is 6.54 Å². The summed E-state index contributed by atoms with van der Waals surface area (Å²) in [5.41, 5.74) is 1.32. The van der Waals surface area contributed by atoms with E-state index < -0.39 is 5.97 Å². The summed E-state index contributed by atoms with van der Waals surface area (Å²) >= 11 is 0. The maximum absolute atomic E-state index is 11.8. The van der Waals surface area contributed by atoms with Gasteiger partial charge < -0.3 is 10.1 Å². The van der Waals surface area contributed by atoms with E-state index in [0.717, 1.165) is 11.9 Å². The zero-order valence-corrected chi connectivity index (χ0v) is 10.4. The molecule has 2 N–H and O–H groups in total. The lowest BCUT2D eigenvalue weighted by molar-refractivity contribution is 0.0697. The zero-order chi connectivity index (χ0) is 13.3. The summed E-state index contributed by atoms with van der Waals surface area (Å²) < 4.78 is 1.65. The van der Waals surface area contributed by atoms with Crippen molar-refractivity contribution in [3.8, 4) is 0 Å². The van der Waals surface area contributed by atoms with Gasteiger partial charge in [-0.3, -0.25) is 4.57 Å². The number of carboxylic acid groups (broad SMARTS) is 1. The Kier molecular flexibility index (Phi) is 3.23. The molecule has 0 spiro atoms. The zero-order valence-electron chi connectivity index (χ0n) is 10.4. The number of aromatic amines is 1. The minimum Gasteiger partial charge on any atom is -0.478 e. The van der Waals surface area contributed by atoms with Crippen LogP contribution in [-0.2, 0) is 6.54 Å². The second-order valence-electron chi connectivity index (χ2n) is 4.80. The fourth-order valence-electron chi connectivity index (χ4n) is 1.91. The summed E-state index contributed by atoms with van der Waals surface area (Å²) in [4.78, 5) is 25.3. The average molecular weight is 248 g/mol. The van der Waals surface area contributed by atoms with Crippen molar-refractivity contribution in [3.05, 3.63) is 34.2 Å². The lowest BCUT2D eigenvalue weighted by Crippen LogP contribution is -2.17. The van der Waals surface area contributed by atoms with Gasteiger partial charge in [0.2, 0.25) is 0 Å². The molecule has 0 radical (unpaired) electrons. The quantitative estimate of drug-likeness (QED) is 0.869. The Morgan fingerprint density at radius 1 is 1.44 bits per heavy atom. The predicted octanol–water partition coefficient (Wildman–Crippen LogP) is 2.07. The van der Waals surface area contributed by atoms with Crippen LogP contribution in [0.25, 0.3) is 11.0 Å². The maximum atomic E-state index is 11.8. The normalized spacial score (nSPS) is 11.3. The summed E-state index contributed by atoms with van der Waals surface area (Å²) in [6, 6.07) is 4.69. The first-order chi connectivity index (χ1) is 8.49. The molecule has 2 rings (SSSR count). The summed E-state index contributed by atoms with van der Waals surface area (Å²) in [7, 11) is 0. The molecule has 0 atom stereocenters. The predicted molar refractivity (Wildman–Crippen MR) is 69.0 cm³/mol. The van der Waals surface area contributed by atoms with E-state index in [1.165, 1.54) is 12.1 Å². The van der Waals surface area contributed by atoms with E-state index in [2.05, 4.69) is 18.8 Å². The second-order valence-corrected chi connectivity index (χ2v) is 4.80. The van der Waals surface area contributed by atoms with Crippen molar-refractivity contribution in [2.45, 2.75) is 26.8 Å². The SMILES string of the molecule is CC(C)CCn1c(=O)[nH]c2cc(C(=O)O)ccc21. The van der Waals surface area contributed by atoms with Crippen LogP contribution < -0.4 is 5.69 Å². The van der Waals surface area contributed by atoms with Gasteiger partial charge in [-0.25, -0.2) is 9.59 Å². The molecule has 5 heteroatoms. The van der Waals surface area contributed by atoms with Crippen LogP contribution in [0.3, 0.4) is 0 Å². The van der Waals surface area contributed by atoms with E-state index in [9.17, 15) is 9.59 Å². The molecule has 0 amide bonds. The molecule has 0 aliphatic carbocycles. The third-order valence-electron chi connectivity index (χ3n) is 2.95. The van der Waals surface area contributed by atoms with E-state index >= 15 is 0 Å².